The summed E-state index contributed by atoms with van der Waals surface area (Å²) in [6, 6.07) is 14.9. The Balaban J connectivity index is 1.89. The van der Waals surface area contributed by atoms with E-state index in [4.69, 9.17) is 5.11 Å². The Kier molecular flexibility index (Phi) is 7.11. The van der Waals surface area contributed by atoms with Gasteiger partial charge in [0.15, 0.2) is 0 Å². The van der Waals surface area contributed by atoms with Crippen LogP contribution in [0.15, 0.2) is 59.1 Å². The van der Waals surface area contributed by atoms with Crippen molar-refractivity contribution in [2.45, 2.75) is 12.9 Å². The van der Waals surface area contributed by atoms with Gasteiger partial charge in [-0.1, -0.05) is 46.3 Å². The van der Waals surface area contributed by atoms with Gasteiger partial charge in [0.25, 0.3) is 0 Å². The van der Waals surface area contributed by atoms with Gasteiger partial charge in [0.05, 0.1) is 12.3 Å². The molecule has 0 spiro atoms. The second-order valence-electron chi connectivity index (χ2n) is 6.13. The summed E-state index contributed by atoms with van der Waals surface area (Å²) >= 11 is 3.48. The fraction of sp³-hybridized carbons (Fsp3) is 0.200. The van der Waals surface area contributed by atoms with Crippen molar-refractivity contribution in [3.05, 3.63) is 64.6 Å². The van der Waals surface area contributed by atoms with Gasteiger partial charge in [0.1, 0.15) is 11.6 Å². The molecule has 0 radical (unpaired) electrons. The Labute approximate surface area is 179 Å². The molecule has 0 saturated heterocycles. The molecule has 0 saturated carbocycles. The fourth-order valence-corrected chi connectivity index (χ4v) is 3.04. The summed E-state index contributed by atoms with van der Waals surface area (Å²) < 4.78 is 42.6. The Morgan fingerprint density at radius 2 is 1.80 bits per heavy atom. The summed E-state index contributed by atoms with van der Waals surface area (Å²) in [5.41, 5.74) is 1.82. The van der Waals surface area contributed by atoms with Crippen LogP contribution in [0.5, 0.6) is 5.75 Å². The first-order valence-electron chi connectivity index (χ1n) is 8.91. The maximum absolute atomic E-state index is 12.5. The lowest BCUT2D eigenvalue weighted by Crippen LogP contribution is -2.17. The molecule has 0 unspecified atom stereocenters. The van der Waals surface area contributed by atoms with Crippen LogP contribution < -0.4 is 15.4 Å². The molecule has 0 aliphatic rings. The van der Waals surface area contributed by atoms with E-state index in [2.05, 4.69) is 41.3 Å². The van der Waals surface area contributed by atoms with Crippen molar-refractivity contribution < 1.29 is 23.0 Å². The molecule has 3 rings (SSSR count). The number of hydrogen-bond acceptors (Lipinski definition) is 6. The SMILES string of the molecule is OCCNc1nc(NCc2ccccc2Br)cc(-c2cccc(OC(F)(F)F)c2)n1. The number of nitrogens with one attached hydrogen (secondary N) is 2. The van der Waals surface area contributed by atoms with E-state index >= 15 is 0 Å². The van der Waals surface area contributed by atoms with Crippen molar-refractivity contribution in [2.75, 3.05) is 23.8 Å². The van der Waals surface area contributed by atoms with E-state index in [9.17, 15) is 13.2 Å². The lowest BCUT2D eigenvalue weighted by atomic mass is 10.1. The minimum atomic E-state index is -4.78. The third kappa shape index (κ3) is 6.33. The van der Waals surface area contributed by atoms with E-state index in [0.717, 1.165) is 10.0 Å². The maximum atomic E-state index is 12.5. The number of aromatic nitrogens is 2. The van der Waals surface area contributed by atoms with E-state index in [1.165, 1.54) is 18.2 Å². The first kappa shape index (κ1) is 21.8. The first-order valence-corrected chi connectivity index (χ1v) is 9.70. The van der Waals surface area contributed by atoms with Gasteiger partial charge in [0.2, 0.25) is 5.95 Å². The number of aliphatic hydroxyl groups excluding tert-OH is 1. The van der Waals surface area contributed by atoms with Crippen molar-refractivity contribution >= 4 is 27.7 Å². The average molecular weight is 483 g/mol. The smallest absolute Gasteiger partial charge is 0.406 e. The van der Waals surface area contributed by atoms with Crippen molar-refractivity contribution in [2.24, 2.45) is 0 Å². The molecular formula is C20H18BrF3N4O2. The molecule has 3 N–H and O–H groups in total. The first-order chi connectivity index (χ1) is 14.3. The van der Waals surface area contributed by atoms with Gasteiger partial charge in [-0.2, -0.15) is 4.98 Å². The Hall–Kier alpha value is -2.85. The molecule has 0 fully saturated rings. The van der Waals surface area contributed by atoms with Crippen molar-refractivity contribution in [3.8, 4) is 17.0 Å². The van der Waals surface area contributed by atoms with Crippen LogP contribution in [0.3, 0.4) is 0 Å². The summed E-state index contributed by atoms with van der Waals surface area (Å²) in [6.45, 7) is 0.571. The molecule has 158 valence electrons. The van der Waals surface area contributed by atoms with Crippen LogP contribution in [0.4, 0.5) is 24.9 Å². The zero-order valence-corrected chi connectivity index (χ0v) is 17.2. The van der Waals surface area contributed by atoms with Gasteiger partial charge in [-0.25, -0.2) is 4.98 Å². The Morgan fingerprint density at radius 1 is 1.00 bits per heavy atom. The summed E-state index contributed by atoms with van der Waals surface area (Å²) in [7, 11) is 0. The number of halogens is 4. The maximum Gasteiger partial charge on any atom is 0.573 e. The van der Waals surface area contributed by atoms with Crippen LogP contribution in [0.1, 0.15) is 5.56 Å². The van der Waals surface area contributed by atoms with Gasteiger partial charge in [-0.15, -0.1) is 13.2 Å². The zero-order valence-electron chi connectivity index (χ0n) is 15.6. The monoisotopic (exact) mass is 482 g/mol. The number of aliphatic hydroxyl groups is 1. The number of benzene rings is 2. The molecular weight excluding hydrogens is 465 g/mol. The number of nitrogens with zero attached hydrogens (tertiary/aromatic N) is 2. The fourth-order valence-electron chi connectivity index (χ4n) is 2.61. The number of anilines is 2. The van der Waals surface area contributed by atoms with E-state index in [1.54, 1.807) is 12.1 Å². The van der Waals surface area contributed by atoms with Crippen molar-refractivity contribution in [1.82, 2.24) is 9.97 Å². The van der Waals surface area contributed by atoms with Gasteiger partial charge in [-0.05, 0) is 23.8 Å². The molecule has 10 heteroatoms. The highest BCUT2D eigenvalue weighted by Crippen LogP contribution is 2.29. The molecule has 0 bridgehead atoms. The van der Waals surface area contributed by atoms with Gasteiger partial charge in [-0.3, -0.25) is 0 Å². The lowest BCUT2D eigenvalue weighted by molar-refractivity contribution is -0.274. The minimum absolute atomic E-state index is 0.123. The summed E-state index contributed by atoms with van der Waals surface area (Å²) in [4.78, 5) is 8.68. The predicted octanol–water partition coefficient (Wildman–Crippen LogP) is 4.82. The Bertz CT molecular complexity index is 1000. The van der Waals surface area contributed by atoms with Crippen LogP contribution in [-0.4, -0.2) is 34.6 Å². The highest BCUT2D eigenvalue weighted by atomic mass is 79.9. The molecule has 1 heterocycles. The summed E-state index contributed by atoms with van der Waals surface area (Å²) in [5, 5.41) is 15.1. The summed E-state index contributed by atoms with van der Waals surface area (Å²) in [6.07, 6.45) is -4.78. The second-order valence-corrected chi connectivity index (χ2v) is 6.99. The molecule has 1 aromatic heterocycles. The third-order valence-corrected chi connectivity index (χ3v) is 4.68. The van der Waals surface area contributed by atoms with E-state index in [0.29, 0.717) is 23.6 Å². The molecule has 0 aliphatic heterocycles. The lowest BCUT2D eigenvalue weighted by Gasteiger charge is -2.13. The topological polar surface area (TPSA) is 79.3 Å². The zero-order chi connectivity index (χ0) is 21.6. The molecule has 2 aromatic carbocycles. The normalized spacial score (nSPS) is 11.2. The standard InChI is InChI=1S/C20H18BrF3N4O2/c21-16-7-2-1-4-14(16)12-26-18-11-17(27-19(28-18)25-8-9-29)13-5-3-6-15(10-13)30-20(22,23)24/h1-7,10-11,29H,8-9,12H2,(H2,25,26,27,28). The molecule has 6 nitrogen and oxygen atoms in total. The highest BCUT2D eigenvalue weighted by Gasteiger charge is 2.31. The van der Waals surface area contributed by atoms with Crippen LogP contribution >= 0.6 is 15.9 Å². The predicted molar refractivity (Wildman–Crippen MR) is 111 cm³/mol. The Morgan fingerprint density at radius 3 is 2.53 bits per heavy atom. The van der Waals surface area contributed by atoms with E-state index in [1.807, 2.05) is 24.3 Å². The van der Waals surface area contributed by atoms with Gasteiger partial charge < -0.3 is 20.5 Å². The van der Waals surface area contributed by atoms with Crippen LogP contribution in [0, 0.1) is 0 Å². The van der Waals surface area contributed by atoms with Gasteiger partial charge >= 0.3 is 6.36 Å². The van der Waals surface area contributed by atoms with E-state index in [-0.39, 0.29) is 24.8 Å². The number of rotatable bonds is 8. The average Bonchev–Trinajstić information content (AvgIpc) is 2.70. The third-order valence-electron chi connectivity index (χ3n) is 3.90. The molecule has 3 aromatic rings. The van der Waals surface area contributed by atoms with Crippen LogP contribution in [-0.2, 0) is 6.54 Å². The summed E-state index contributed by atoms with van der Waals surface area (Å²) in [5.74, 6) is 0.364. The second kappa shape index (κ2) is 9.77. The van der Waals surface area contributed by atoms with Crippen LogP contribution in [0.25, 0.3) is 11.3 Å². The van der Waals surface area contributed by atoms with Crippen molar-refractivity contribution in [1.29, 1.82) is 0 Å². The molecule has 0 aliphatic carbocycles. The van der Waals surface area contributed by atoms with E-state index < -0.39 is 6.36 Å². The molecule has 30 heavy (non-hydrogen) atoms. The number of hydrogen-bond donors (Lipinski definition) is 3. The molecule has 0 atom stereocenters. The highest BCUT2D eigenvalue weighted by molar-refractivity contribution is 9.10. The quantitative estimate of drug-likeness (QED) is 0.427. The van der Waals surface area contributed by atoms with Crippen LogP contribution in [0.2, 0.25) is 0 Å². The van der Waals surface area contributed by atoms with Crippen molar-refractivity contribution in [3.63, 3.8) is 0 Å². The minimum Gasteiger partial charge on any atom is -0.406 e. The largest absolute Gasteiger partial charge is 0.573 e. The molecule has 0 amide bonds. The number of ether oxygens (including phenoxy) is 1. The number of alkyl halides is 3. The van der Waals surface area contributed by atoms with Gasteiger partial charge in [0, 0.05) is 29.2 Å².